The number of hydrogen-bond acceptors (Lipinski definition) is 5. The van der Waals surface area contributed by atoms with Crippen molar-refractivity contribution in [2.75, 3.05) is 13.2 Å². The second-order valence-corrected chi connectivity index (χ2v) is 5.23. The van der Waals surface area contributed by atoms with Crippen LogP contribution >= 0.6 is 12.2 Å². The molecule has 0 bridgehead atoms. The van der Waals surface area contributed by atoms with E-state index >= 15 is 0 Å². The maximum atomic E-state index is 11.2. The van der Waals surface area contributed by atoms with Gasteiger partial charge in [-0.05, 0) is 33.6 Å². The minimum Gasteiger partial charge on any atom is -0.514 e. The molecule has 0 aliphatic heterocycles. The number of rotatable bonds is 5. The summed E-state index contributed by atoms with van der Waals surface area (Å²) in [5.74, 6) is 0. The molecule has 0 aromatic rings. The Balaban J connectivity index is 0. The van der Waals surface area contributed by atoms with Crippen LogP contribution < -0.4 is 56.7 Å². The standard InChI is InChI=1S/C10H19NO3S2.K/c1-10(2,3)14-8(12)11-6-4-5-7-13-9(15)16;/h4-7H2,1-3H3,(H,11,12)(H,15,16);/q;+1/p-1. The second-order valence-electron chi connectivity index (χ2n) is 4.23. The van der Waals surface area contributed by atoms with E-state index in [4.69, 9.17) is 9.47 Å². The van der Waals surface area contributed by atoms with E-state index in [-0.39, 0.29) is 55.8 Å². The predicted octanol–water partition coefficient (Wildman–Crippen LogP) is -0.856. The average molecular weight is 303 g/mol. The summed E-state index contributed by atoms with van der Waals surface area (Å²) in [5, 5.41) is 2.65. The van der Waals surface area contributed by atoms with Gasteiger partial charge in [-0.1, -0.05) is 0 Å². The van der Waals surface area contributed by atoms with Crippen molar-refractivity contribution in [2.45, 2.75) is 39.2 Å². The zero-order valence-electron chi connectivity index (χ0n) is 10.9. The zero-order valence-corrected chi connectivity index (χ0v) is 15.6. The molecule has 0 rings (SSSR count). The fourth-order valence-electron chi connectivity index (χ4n) is 0.887. The molecule has 1 N–H and O–H groups in total. The summed E-state index contributed by atoms with van der Waals surface area (Å²) in [6, 6.07) is 0. The molecule has 0 aliphatic rings. The van der Waals surface area contributed by atoms with Gasteiger partial charge in [-0.25, -0.2) is 4.79 Å². The molecule has 0 radical (unpaired) electrons. The molecule has 0 heterocycles. The summed E-state index contributed by atoms with van der Waals surface area (Å²) >= 11 is 9.16. The molecule has 0 spiro atoms. The van der Waals surface area contributed by atoms with Gasteiger partial charge >= 0.3 is 57.5 Å². The van der Waals surface area contributed by atoms with Crippen LogP contribution in [0, 0.1) is 0 Å². The molecule has 94 valence electrons. The molecule has 0 unspecified atom stereocenters. The van der Waals surface area contributed by atoms with Gasteiger partial charge in [-0.15, -0.1) is 0 Å². The predicted molar refractivity (Wildman–Crippen MR) is 69.4 cm³/mol. The first-order chi connectivity index (χ1) is 7.31. The summed E-state index contributed by atoms with van der Waals surface area (Å²) < 4.78 is 10.1. The normalized spacial score (nSPS) is 10.1. The zero-order chi connectivity index (χ0) is 12.6. The first-order valence-electron chi connectivity index (χ1n) is 5.12. The minimum atomic E-state index is -0.457. The molecule has 0 fully saturated rings. The Bertz CT molecular complexity index is 244. The summed E-state index contributed by atoms with van der Waals surface area (Å²) in [6.07, 6.45) is 1.20. The Hall–Kier alpha value is 1.02. The molecular weight excluding hydrogens is 285 g/mol. The molecule has 0 atom stereocenters. The third-order valence-corrected chi connectivity index (χ3v) is 1.69. The fraction of sp³-hybridized carbons (Fsp3) is 0.800. The van der Waals surface area contributed by atoms with Gasteiger partial charge in [-0.3, -0.25) is 0 Å². The Morgan fingerprint density at radius 1 is 1.35 bits per heavy atom. The van der Waals surface area contributed by atoms with Gasteiger partial charge in [0.15, 0.2) is 0 Å². The van der Waals surface area contributed by atoms with E-state index in [1.807, 2.05) is 20.8 Å². The molecule has 7 heteroatoms. The van der Waals surface area contributed by atoms with Crippen LogP contribution in [0.3, 0.4) is 0 Å². The Morgan fingerprint density at radius 2 is 1.94 bits per heavy atom. The number of alkyl carbamates (subject to hydrolysis) is 1. The first-order valence-corrected chi connectivity index (χ1v) is 5.93. The first kappa shape index (κ1) is 20.3. The Morgan fingerprint density at radius 3 is 2.41 bits per heavy atom. The topological polar surface area (TPSA) is 47.6 Å². The van der Waals surface area contributed by atoms with Crippen LogP contribution in [0.2, 0.25) is 0 Å². The maximum Gasteiger partial charge on any atom is 1.00 e. The SMILES string of the molecule is CC(C)(C)OC(=O)NCCCCOC(=S)[S-].[K+]. The van der Waals surface area contributed by atoms with E-state index in [9.17, 15) is 4.79 Å². The molecule has 17 heavy (non-hydrogen) atoms. The maximum absolute atomic E-state index is 11.2. The molecule has 0 saturated heterocycles. The van der Waals surface area contributed by atoms with Crippen molar-refractivity contribution in [2.24, 2.45) is 0 Å². The molecule has 0 aromatic carbocycles. The minimum absolute atomic E-state index is 0. The van der Waals surface area contributed by atoms with E-state index in [1.54, 1.807) is 0 Å². The number of amides is 1. The van der Waals surface area contributed by atoms with Crippen LogP contribution in [0.5, 0.6) is 0 Å². The number of thiocarbonyl (C=S) groups is 1. The van der Waals surface area contributed by atoms with Crippen molar-refractivity contribution in [3.8, 4) is 0 Å². The number of carbonyl (C=O) groups excluding carboxylic acids is 1. The van der Waals surface area contributed by atoms with Crippen LogP contribution in [0.1, 0.15) is 33.6 Å². The Labute approximate surface area is 156 Å². The van der Waals surface area contributed by atoms with Crippen LogP contribution in [-0.2, 0) is 22.1 Å². The largest absolute Gasteiger partial charge is 1.00 e. The monoisotopic (exact) mass is 303 g/mol. The van der Waals surface area contributed by atoms with Crippen molar-refractivity contribution in [1.82, 2.24) is 5.32 Å². The van der Waals surface area contributed by atoms with Crippen LogP contribution in [-0.4, -0.2) is 29.2 Å². The molecule has 0 aliphatic carbocycles. The molecular formula is C10H18KNO3S2. The fourth-order valence-corrected chi connectivity index (χ4v) is 1.05. The van der Waals surface area contributed by atoms with Gasteiger partial charge in [0.2, 0.25) is 0 Å². The second kappa shape index (κ2) is 10.9. The van der Waals surface area contributed by atoms with Gasteiger partial charge in [0.1, 0.15) is 5.60 Å². The van der Waals surface area contributed by atoms with Crippen molar-refractivity contribution < 1.29 is 65.7 Å². The molecule has 0 saturated carbocycles. The van der Waals surface area contributed by atoms with Gasteiger partial charge in [0, 0.05) is 10.9 Å². The summed E-state index contributed by atoms with van der Waals surface area (Å²) in [7, 11) is 0. The van der Waals surface area contributed by atoms with Gasteiger partial charge < -0.3 is 39.6 Å². The quantitative estimate of drug-likeness (QED) is 0.310. The summed E-state index contributed by atoms with van der Waals surface area (Å²) in [6.45, 7) is 6.53. The van der Waals surface area contributed by atoms with Gasteiger partial charge in [0.05, 0.1) is 6.61 Å². The van der Waals surface area contributed by atoms with E-state index < -0.39 is 11.7 Å². The van der Waals surface area contributed by atoms with Crippen LogP contribution in [0.15, 0.2) is 0 Å². The van der Waals surface area contributed by atoms with Crippen molar-refractivity contribution in [3.05, 3.63) is 0 Å². The smallest absolute Gasteiger partial charge is 0.514 e. The number of hydrogen-bond donors (Lipinski definition) is 1. The summed E-state index contributed by atoms with van der Waals surface area (Å²) in [4.78, 5) is 11.2. The van der Waals surface area contributed by atoms with Crippen LogP contribution in [0.25, 0.3) is 0 Å². The Kier molecular flexibility index (Phi) is 13.0. The third kappa shape index (κ3) is 17.0. The number of nitrogens with one attached hydrogen (secondary N) is 1. The molecule has 1 amide bonds. The number of unbranched alkanes of at least 4 members (excludes halogenated alkanes) is 1. The van der Waals surface area contributed by atoms with Crippen molar-refractivity contribution in [1.29, 1.82) is 0 Å². The van der Waals surface area contributed by atoms with Gasteiger partial charge in [-0.2, -0.15) is 0 Å². The van der Waals surface area contributed by atoms with E-state index in [0.29, 0.717) is 13.2 Å². The molecule has 0 aromatic heterocycles. The third-order valence-electron chi connectivity index (χ3n) is 1.46. The molecule has 4 nitrogen and oxygen atoms in total. The van der Waals surface area contributed by atoms with E-state index in [1.165, 1.54) is 0 Å². The van der Waals surface area contributed by atoms with Crippen LogP contribution in [0.4, 0.5) is 4.79 Å². The average Bonchev–Trinajstić information content (AvgIpc) is 2.07. The van der Waals surface area contributed by atoms with E-state index in [2.05, 4.69) is 30.2 Å². The van der Waals surface area contributed by atoms with Gasteiger partial charge in [0.25, 0.3) is 0 Å². The van der Waals surface area contributed by atoms with Crippen molar-refractivity contribution in [3.63, 3.8) is 0 Å². The van der Waals surface area contributed by atoms with E-state index in [0.717, 1.165) is 12.8 Å². The van der Waals surface area contributed by atoms with Crippen molar-refractivity contribution >= 4 is 35.3 Å². The summed E-state index contributed by atoms with van der Waals surface area (Å²) in [5.41, 5.74) is -0.457. The number of ether oxygens (including phenoxy) is 2. The number of carbonyl (C=O) groups is 1.